The van der Waals surface area contributed by atoms with E-state index in [0.717, 1.165) is 28.0 Å². The molecule has 0 spiro atoms. The van der Waals surface area contributed by atoms with E-state index >= 15 is 0 Å². The van der Waals surface area contributed by atoms with Crippen molar-refractivity contribution in [2.24, 2.45) is 7.05 Å². The van der Waals surface area contributed by atoms with Crippen molar-refractivity contribution in [2.45, 2.75) is 24.8 Å². The van der Waals surface area contributed by atoms with E-state index in [1.54, 1.807) is 22.5 Å². The summed E-state index contributed by atoms with van der Waals surface area (Å²) in [4.78, 5) is 18.1. The molecule has 4 aromatic rings. The summed E-state index contributed by atoms with van der Waals surface area (Å²) in [7, 11) is 1.92. The van der Waals surface area contributed by atoms with Crippen molar-refractivity contribution >= 4 is 22.7 Å². The Morgan fingerprint density at radius 3 is 2.48 bits per heavy atom. The van der Waals surface area contributed by atoms with Gasteiger partial charge >= 0.3 is 0 Å². The third-order valence-corrected chi connectivity index (χ3v) is 5.45. The minimum absolute atomic E-state index is 0.0434. The summed E-state index contributed by atoms with van der Waals surface area (Å²) in [6.07, 6.45) is 1.78. The van der Waals surface area contributed by atoms with Crippen molar-refractivity contribution < 1.29 is 0 Å². The van der Waals surface area contributed by atoms with E-state index in [-0.39, 0.29) is 5.56 Å². The predicted molar refractivity (Wildman–Crippen MR) is 110 cm³/mol. The molecule has 0 aliphatic carbocycles. The zero-order valence-corrected chi connectivity index (χ0v) is 16.3. The zero-order chi connectivity index (χ0) is 19.0. The number of benzene rings is 2. The third kappa shape index (κ3) is 3.40. The van der Waals surface area contributed by atoms with Crippen molar-refractivity contribution in [1.29, 1.82) is 0 Å². The topological polar surface area (TPSA) is 52.7 Å². The SMILES string of the molecule is Cc1cc(C)cc(-n2c(SCc3ccnn3C)nc3ccccc3c2=O)c1. The second kappa shape index (κ2) is 7.04. The number of hydrogen-bond donors (Lipinski definition) is 0. The van der Waals surface area contributed by atoms with Crippen molar-refractivity contribution in [3.8, 4) is 5.69 Å². The molecule has 0 aliphatic rings. The first-order chi connectivity index (χ1) is 13.0. The number of rotatable bonds is 4. The van der Waals surface area contributed by atoms with Crippen molar-refractivity contribution in [3.05, 3.63) is 81.9 Å². The van der Waals surface area contributed by atoms with Gasteiger partial charge < -0.3 is 0 Å². The molecule has 136 valence electrons. The Hall–Kier alpha value is -2.86. The summed E-state index contributed by atoms with van der Waals surface area (Å²) < 4.78 is 3.57. The lowest BCUT2D eigenvalue weighted by Crippen LogP contribution is -2.22. The predicted octanol–water partition coefficient (Wildman–Crippen LogP) is 4.03. The average molecular weight is 376 g/mol. The molecule has 0 radical (unpaired) electrons. The van der Waals surface area contributed by atoms with Crippen LogP contribution in [0, 0.1) is 13.8 Å². The highest BCUT2D eigenvalue weighted by Gasteiger charge is 2.14. The Kier molecular flexibility index (Phi) is 4.58. The van der Waals surface area contributed by atoms with Crippen LogP contribution in [0.4, 0.5) is 0 Å². The molecule has 0 N–H and O–H groups in total. The van der Waals surface area contributed by atoms with Crippen molar-refractivity contribution in [3.63, 3.8) is 0 Å². The van der Waals surface area contributed by atoms with E-state index in [0.29, 0.717) is 16.3 Å². The molecule has 0 unspecified atom stereocenters. The largest absolute Gasteiger partial charge is 0.272 e. The van der Waals surface area contributed by atoms with E-state index in [4.69, 9.17) is 4.98 Å². The first-order valence-corrected chi connectivity index (χ1v) is 9.71. The second-order valence-corrected chi connectivity index (χ2v) is 7.58. The van der Waals surface area contributed by atoms with Gasteiger partial charge in [-0.3, -0.25) is 14.0 Å². The fraction of sp³-hybridized carbons (Fsp3) is 0.190. The molecule has 0 atom stereocenters. The molecule has 6 heteroatoms. The van der Waals surface area contributed by atoms with E-state index in [9.17, 15) is 4.79 Å². The summed E-state index contributed by atoms with van der Waals surface area (Å²) in [6, 6.07) is 15.6. The van der Waals surface area contributed by atoms with E-state index < -0.39 is 0 Å². The van der Waals surface area contributed by atoms with Gasteiger partial charge in [0.1, 0.15) is 0 Å². The van der Waals surface area contributed by atoms with E-state index in [1.165, 1.54) is 0 Å². The van der Waals surface area contributed by atoms with Crippen LogP contribution in [0.3, 0.4) is 0 Å². The first-order valence-electron chi connectivity index (χ1n) is 8.73. The molecule has 2 heterocycles. The Morgan fingerprint density at radius 2 is 1.78 bits per heavy atom. The van der Waals surface area contributed by atoms with Gasteiger partial charge in [0.05, 0.1) is 16.6 Å². The van der Waals surface area contributed by atoms with Gasteiger partial charge in [0, 0.05) is 24.7 Å². The van der Waals surface area contributed by atoms with Crippen LogP contribution in [0.2, 0.25) is 0 Å². The number of nitrogens with zero attached hydrogens (tertiary/aromatic N) is 4. The molecule has 2 aromatic carbocycles. The quantitative estimate of drug-likeness (QED) is 0.399. The summed E-state index contributed by atoms with van der Waals surface area (Å²) in [5.74, 6) is 0.687. The Morgan fingerprint density at radius 1 is 1.04 bits per heavy atom. The Labute approximate surface area is 161 Å². The minimum Gasteiger partial charge on any atom is -0.272 e. The molecule has 0 aliphatic heterocycles. The molecule has 0 saturated heterocycles. The molecule has 27 heavy (non-hydrogen) atoms. The molecule has 0 amide bonds. The van der Waals surface area contributed by atoms with Crippen LogP contribution < -0.4 is 5.56 Å². The number of hydrogen-bond acceptors (Lipinski definition) is 4. The standard InChI is InChI=1S/C21H20N4OS/c1-14-10-15(2)12-17(11-14)25-20(26)18-6-4-5-7-19(18)23-21(25)27-13-16-8-9-22-24(16)3/h4-12H,13H2,1-3H3. The molecule has 2 aromatic heterocycles. The van der Waals surface area contributed by atoms with Gasteiger partial charge in [0.2, 0.25) is 0 Å². The molecule has 0 saturated carbocycles. The Bertz CT molecular complexity index is 1170. The minimum atomic E-state index is -0.0434. The maximum Gasteiger partial charge on any atom is 0.266 e. The number of fused-ring (bicyclic) bond motifs is 1. The van der Waals surface area contributed by atoms with Crippen LogP contribution in [0.15, 0.2) is 64.7 Å². The van der Waals surface area contributed by atoms with Gasteiger partial charge in [-0.05, 0) is 55.3 Å². The number of para-hydroxylation sites is 1. The molecular formula is C21H20N4OS. The van der Waals surface area contributed by atoms with Crippen LogP contribution in [-0.4, -0.2) is 19.3 Å². The normalized spacial score (nSPS) is 11.2. The second-order valence-electron chi connectivity index (χ2n) is 6.63. The van der Waals surface area contributed by atoms with Crippen LogP contribution >= 0.6 is 11.8 Å². The number of thioether (sulfide) groups is 1. The monoisotopic (exact) mass is 376 g/mol. The van der Waals surface area contributed by atoms with Gasteiger partial charge in [-0.15, -0.1) is 0 Å². The average Bonchev–Trinajstić information content (AvgIpc) is 3.04. The lowest BCUT2D eigenvalue weighted by atomic mass is 10.1. The molecular weight excluding hydrogens is 356 g/mol. The molecule has 0 fully saturated rings. The van der Waals surface area contributed by atoms with E-state index in [1.807, 2.05) is 68.0 Å². The summed E-state index contributed by atoms with van der Waals surface area (Å²) in [5, 5.41) is 5.53. The summed E-state index contributed by atoms with van der Waals surface area (Å²) >= 11 is 1.55. The van der Waals surface area contributed by atoms with Crippen molar-refractivity contribution in [2.75, 3.05) is 0 Å². The Balaban J connectivity index is 1.90. The number of aryl methyl sites for hydroxylation is 3. The van der Waals surface area contributed by atoms with Gasteiger partial charge in [-0.2, -0.15) is 5.10 Å². The lowest BCUT2D eigenvalue weighted by molar-refractivity contribution is 0.734. The highest BCUT2D eigenvalue weighted by atomic mass is 32.2. The summed E-state index contributed by atoms with van der Waals surface area (Å²) in [6.45, 7) is 4.08. The van der Waals surface area contributed by atoms with Gasteiger partial charge in [0.15, 0.2) is 5.16 Å². The van der Waals surface area contributed by atoms with Gasteiger partial charge in [-0.1, -0.05) is 30.0 Å². The third-order valence-electron chi connectivity index (χ3n) is 4.48. The zero-order valence-electron chi connectivity index (χ0n) is 15.5. The summed E-state index contributed by atoms with van der Waals surface area (Å²) in [5.41, 5.74) is 4.84. The van der Waals surface area contributed by atoms with Gasteiger partial charge in [0.25, 0.3) is 5.56 Å². The smallest absolute Gasteiger partial charge is 0.266 e. The van der Waals surface area contributed by atoms with Crippen LogP contribution in [-0.2, 0) is 12.8 Å². The van der Waals surface area contributed by atoms with Crippen LogP contribution in [0.25, 0.3) is 16.6 Å². The molecule has 0 bridgehead atoms. The highest BCUT2D eigenvalue weighted by molar-refractivity contribution is 7.98. The number of aromatic nitrogens is 4. The fourth-order valence-corrected chi connectivity index (χ4v) is 4.24. The van der Waals surface area contributed by atoms with Gasteiger partial charge in [-0.25, -0.2) is 4.98 Å². The molecule has 5 nitrogen and oxygen atoms in total. The highest BCUT2D eigenvalue weighted by Crippen LogP contribution is 2.25. The maximum absolute atomic E-state index is 13.3. The van der Waals surface area contributed by atoms with E-state index in [2.05, 4.69) is 11.2 Å². The fourth-order valence-electron chi connectivity index (χ4n) is 3.20. The van der Waals surface area contributed by atoms with Crippen LogP contribution in [0.5, 0.6) is 0 Å². The van der Waals surface area contributed by atoms with Crippen molar-refractivity contribution in [1.82, 2.24) is 19.3 Å². The van der Waals surface area contributed by atoms with Crippen LogP contribution in [0.1, 0.15) is 16.8 Å². The maximum atomic E-state index is 13.3. The lowest BCUT2D eigenvalue weighted by Gasteiger charge is -2.14. The first kappa shape index (κ1) is 17.5. The molecule has 4 rings (SSSR count).